The van der Waals surface area contributed by atoms with E-state index in [1.165, 1.54) is 4.88 Å². The third-order valence-corrected chi connectivity index (χ3v) is 8.58. The van der Waals surface area contributed by atoms with Gasteiger partial charge >= 0.3 is 0 Å². The van der Waals surface area contributed by atoms with Gasteiger partial charge in [0.15, 0.2) is 22.7 Å². The number of benzene rings is 2. The molecule has 248 valence electrons. The summed E-state index contributed by atoms with van der Waals surface area (Å²) in [7, 11) is 1.56. The Labute approximate surface area is 280 Å². The number of imidazole rings is 1. The number of nitrogens with zero attached hydrogens (tertiary/aromatic N) is 4. The summed E-state index contributed by atoms with van der Waals surface area (Å²) in [5.74, 6) is 0.979. The molecule has 0 radical (unpaired) electrons. The fraction of sp³-hybridized carbons (Fsp3) is 0.265. The molecule has 0 spiro atoms. The lowest BCUT2D eigenvalue weighted by Gasteiger charge is -2.21. The summed E-state index contributed by atoms with van der Waals surface area (Å²) in [5, 5.41) is 19.1. The molecule has 0 saturated carbocycles. The number of methoxy groups -OCH3 is 1. The zero-order chi connectivity index (χ0) is 33.8. The molecule has 0 saturated heterocycles. The van der Waals surface area contributed by atoms with E-state index >= 15 is 0 Å². The van der Waals surface area contributed by atoms with Crippen molar-refractivity contribution in [3.05, 3.63) is 87.0 Å². The van der Waals surface area contributed by atoms with E-state index in [0.29, 0.717) is 71.4 Å². The number of hydrogen-bond donors (Lipinski definition) is 6. The first kappa shape index (κ1) is 32.5. The Hall–Kier alpha value is -5.47. The summed E-state index contributed by atoms with van der Waals surface area (Å²) in [6.07, 6.45) is 2.37. The van der Waals surface area contributed by atoms with Gasteiger partial charge < -0.3 is 35.5 Å². The Morgan fingerprint density at radius 3 is 2.62 bits per heavy atom. The molecule has 48 heavy (non-hydrogen) atoms. The molecule has 6 N–H and O–H groups in total. The summed E-state index contributed by atoms with van der Waals surface area (Å²) in [4.78, 5) is 44.3. The van der Waals surface area contributed by atoms with Gasteiger partial charge in [0.1, 0.15) is 5.75 Å². The molecule has 0 aliphatic carbocycles. The maximum Gasteiger partial charge on any atom is 0.251 e. The van der Waals surface area contributed by atoms with Crippen LogP contribution in [-0.4, -0.2) is 55.7 Å². The molecule has 0 fully saturated rings. The summed E-state index contributed by atoms with van der Waals surface area (Å²) >= 11 is 1.67. The molecule has 0 atom stereocenters. The van der Waals surface area contributed by atoms with Crippen LogP contribution in [0.15, 0.2) is 71.1 Å². The van der Waals surface area contributed by atoms with Gasteiger partial charge in [-0.25, -0.2) is 10.4 Å². The van der Waals surface area contributed by atoms with Crippen LogP contribution in [0.5, 0.6) is 11.5 Å². The van der Waals surface area contributed by atoms with Crippen LogP contribution in [-0.2, 0) is 12.1 Å². The topological polar surface area (TPSA) is 171 Å². The van der Waals surface area contributed by atoms with E-state index < -0.39 is 5.43 Å². The third kappa shape index (κ3) is 6.94. The normalized spacial score (nSPS) is 11.6. The molecule has 4 heterocycles. The molecule has 0 aliphatic rings. The van der Waals surface area contributed by atoms with Crippen LogP contribution < -0.4 is 31.7 Å². The van der Waals surface area contributed by atoms with Gasteiger partial charge in [-0.05, 0) is 81.1 Å². The van der Waals surface area contributed by atoms with Gasteiger partial charge in [0.25, 0.3) is 5.91 Å². The van der Waals surface area contributed by atoms with E-state index in [9.17, 15) is 14.7 Å². The number of aromatic amines is 1. The number of amides is 1. The molecule has 6 rings (SSSR count). The van der Waals surface area contributed by atoms with E-state index in [0.717, 1.165) is 0 Å². The lowest BCUT2D eigenvalue weighted by atomic mass is 10.1. The minimum atomic E-state index is -0.518. The number of aromatic nitrogens is 5. The van der Waals surface area contributed by atoms with Crippen molar-refractivity contribution in [2.45, 2.75) is 39.3 Å². The molecule has 1 amide bonds. The number of nitrogens with one attached hydrogen (secondary N) is 5. The third-order valence-electron chi connectivity index (χ3n) is 7.71. The Bertz CT molecular complexity index is 2120. The number of ether oxygens (including phenoxy) is 1. The standard InChI is InChI=1S/C34H37N9O4S/c1-34(2,3)43-19-37-27-30(42-38-18-23-7-5-16-48-23)40-33(41-31(27)43)36-15-6-14-35-32(46)21-10-13-24-25(17-21)39-26(29(45)28(24)44)20-8-11-22(47-4)12-9-20/h5,7-13,16-17,19,38,45H,6,14-15,18H2,1-4H3,(H,35,46)(H,39,44)(H2,36,40,41,42). The van der Waals surface area contributed by atoms with Crippen LogP contribution in [0, 0.1) is 0 Å². The zero-order valence-electron chi connectivity index (χ0n) is 27.0. The minimum Gasteiger partial charge on any atom is -0.503 e. The SMILES string of the molecule is COc1ccc(-c2[nH]c3cc(C(=O)NCCCNc4nc(NNCc5cccs5)c5ncn(C(C)(C)C)c5n4)ccc3c(=O)c2O)cc1. The second-order valence-corrected chi connectivity index (χ2v) is 13.1. The second-order valence-electron chi connectivity index (χ2n) is 12.1. The summed E-state index contributed by atoms with van der Waals surface area (Å²) in [5.41, 5.74) is 8.71. The van der Waals surface area contributed by atoms with Crippen LogP contribution >= 0.6 is 11.3 Å². The van der Waals surface area contributed by atoms with Crippen molar-refractivity contribution in [3.8, 4) is 22.8 Å². The lowest BCUT2D eigenvalue weighted by Crippen LogP contribution is -2.26. The van der Waals surface area contributed by atoms with Crippen molar-refractivity contribution < 1.29 is 14.6 Å². The van der Waals surface area contributed by atoms with Crippen molar-refractivity contribution >= 4 is 51.1 Å². The molecule has 13 nitrogen and oxygen atoms in total. The number of rotatable bonds is 12. The highest BCUT2D eigenvalue weighted by molar-refractivity contribution is 7.09. The molecule has 0 bridgehead atoms. The van der Waals surface area contributed by atoms with Gasteiger partial charge in [-0.3, -0.25) is 9.59 Å². The number of anilines is 2. The molecule has 2 aromatic carbocycles. The van der Waals surface area contributed by atoms with E-state index in [1.807, 2.05) is 16.0 Å². The Balaban J connectivity index is 1.10. The van der Waals surface area contributed by atoms with E-state index in [1.54, 1.807) is 67.2 Å². The van der Waals surface area contributed by atoms with E-state index in [-0.39, 0.29) is 28.3 Å². The predicted octanol–water partition coefficient (Wildman–Crippen LogP) is 5.21. The Kier molecular flexibility index (Phi) is 9.28. The first-order valence-corrected chi connectivity index (χ1v) is 16.3. The van der Waals surface area contributed by atoms with Crippen LogP contribution in [0.3, 0.4) is 0 Å². The number of aromatic hydroxyl groups is 1. The van der Waals surface area contributed by atoms with Crippen molar-refractivity contribution in [1.29, 1.82) is 0 Å². The summed E-state index contributed by atoms with van der Waals surface area (Å²) < 4.78 is 7.21. The minimum absolute atomic E-state index is 0.236. The number of hydrazine groups is 1. The Morgan fingerprint density at radius 2 is 1.90 bits per heavy atom. The van der Waals surface area contributed by atoms with Crippen LogP contribution in [0.2, 0.25) is 0 Å². The fourth-order valence-electron chi connectivity index (χ4n) is 5.17. The van der Waals surface area contributed by atoms with Gasteiger partial charge in [0, 0.05) is 46.6 Å². The highest BCUT2D eigenvalue weighted by atomic mass is 32.1. The molecule has 0 aliphatic heterocycles. The molecule has 0 unspecified atom stereocenters. The molecule has 6 aromatic rings. The molecular weight excluding hydrogens is 631 g/mol. The van der Waals surface area contributed by atoms with Gasteiger partial charge in [-0.1, -0.05) is 6.07 Å². The number of thiophene rings is 1. The van der Waals surface area contributed by atoms with Crippen molar-refractivity contribution in [3.63, 3.8) is 0 Å². The predicted molar refractivity (Wildman–Crippen MR) is 189 cm³/mol. The Morgan fingerprint density at radius 1 is 1.08 bits per heavy atom. The monoisotopic (exact) mass is 667 g/mol. The van der Waals surface area contributed by atoms with Gasteiger partial charge in [0.2, 0.25) is 11.4 Å². The van der Waals surface area contributed by atoms with E-state index in [2.05, 4.69) is 63.3 Å². The van der Waals surface area contributed by atoms with Crippen LogP contribution in [0.4, 0.5) is 11.8 Å². The lowest BCUT2D eigenvalue weighted by molar-refractivity contribution is 0.0953. The first-order chi connectivity index (χ1) is 23.1. The number of carbonyl (C=O) groups is 1. The number of pyridine rings is 1. The van der Waals surface area contributed by atoms with Gasteiger partial charge in [-0.2, -0.15) is 9.97 Å². The summed E-state index contributed by atoms with van der Waals surface area (Å²) in [6, 6.07) is 15.7. The smallest absolute Gasteiger partial charge is 0.251 e. The maximum atomic E-state index is 13.0. The molecule has 4 aromatic heterocycles. The van der Waals surface area contributed by atoms with Crippen molar-refractivity contribution in [2.75, 3.05) is 30.9 Å². The van der Waals surface area contributed by atoms with E-state index in [4.69, 9.17) is 9.72 Å². The van der Waals surface area contributed by atoms with Gasteiger partial charge in [0.05, 0.1) is 24.6 Å². The largest absolute Gasteiger partial charge is 0.503 e. The quantitative estimate of drug-likeness (QED) is 0.0752. The number of hydrogen-bond acceptors (Lipinski definition) is 11. The zero-order valence-corrected chi connectivity index (χ0v) is 27.9. The number of carbonyl (C=O) groups excluding carboxylic acids is 1. The van der Waals surface area contributed by atoms with Crippen LogP contribution in [0.25, 0.3) is 33.3 Å². The van der Waals surface area contributed by atoms with Gasteiger partial charge in [-0.15, -0.1) is 11.3 Å². The van der Waals surface area contributed by atoms with Crippen molar-refractivity contribution in [2.24, 2.45) is 0 Å². The average Bonchev–Trinajstić information content (AvgIpc) is 3.76. The molecular formula is C34H37N9O4S. The highest BCUT2D eigenvalue weighted by Gasteiger charge is 2.21. The average molecular weight is 668 g/mol. The number of fused-ring (bicyclic) bond motifs is 2. The van der Waals surface area contributed by atoms with Crippen molar-refractivity contribution in [1.82, 2.24) is 35.2 Å². The first-order valence-electron chi connectivity index (χ1n) is 15.4. The fourth-order valence-corrected chi connectivity index (χ4v) is 5.81. The second kappa shape index (κ2) is 13.7. The summed E-state index contributed by atoms with van der Waals surface area (Å²) in [6.45, 7) is 7.79. The maximum absolute atomic E-state index is 13.0. The van der Waals surface area contributed by atoms with Crippen LogP contribution in [0.1, 0.15) is 42.4 Å². The number of H-pyrrole nitrogens is 1. The highest BCUT2D eigenvalue weighted by Crippen LogP contribution is 2.29. The molecule has 14 heteroatoms.